The number of urea groups is 1. The molecule has 0 aromatic heterocycles. The summed E-state index contributed by atoms with van der Waals surface area (Å²) in [6, 6.07) is 7.60. The number of thiol groups is 1. The van der Waals surface area contributed by atoms with Crippen LogP contribution in [0, 0.1) is 5.92 Å². The van der Waals surface area contributed by atoms with Crippen LogP contribution in [0.25, 0.3) is 0 Å². The fourth-order valence-electron chi connectivity index (χ4n) is 3.96. The van der Waals surface area contributed by atoms with Crippen LogP contribution >= 0.6 is 12.8 Å². The molecule has 3 N–H and O–H groups in total. The summed E-state index contributed by atoms with van der Waals surface area (Å²) >= 11 is 4.27. The van der Waals surface area contributed by atoms with E-state index in [0.717, 1.165) is 31.2 Å². The summed E-state index contributed by atoms with van der Waals surface area (Å²) in [5.74, 6) is 0.739. The fourth-order valence-corrected chi connectivity index (χ4v) is 4.24. The first kappa shape index (κ1) is 21.7. The zero-order valence-electron chi connectivity index (χ0n) is 17.3. The Morgan fingerprint density at radius 3 is 2.93 bits per heavy atom. The number of quaternary nitrogens is 1. The molecule has 1 aliphatic heterocycles. The number of ether oxygens (including phenoxy) is 1. The minimum atomic E-state index is -1.14. The molecule has 2 aliphatic rings. The SMILES string of the molecule is CCC1CCCO/C(C)=C(\[N+](O)(S)NC(=O)NC2c3ccccc3CC2C)C=N1. The Morgan fingerprint density at radius 1 is 1.41 bits per heavy atom. The summed E-state index contributed by atoms with van der Waals surface area (Å²) in [6.07, 6.45) is 5.15. The van der Waals surface area contributed by atoms with Crippen molar-refractivity contribution in [3.63, 3.8) is 0 Å². The Bertz CT molecular complexity index is 809. The molecule has 158 valence electrons. The van der Waals surface area contributed by atoms with E-state index in [0.29, 0.717) is 12.4 Å². The molecule has 4 unspecified atom stereocenters. The lowest BCUT2D eigenvalue weighted by Gasteiger charge is -2.25. The Morgan fingerprint density at radius 2 is 2.17 bits per heavy atom. The number of carbonyl (C=O) groups is 1. The van der Waals surface area contributed by atoms with E-state index in [9.17, 15) is 10.0 Å². The largest absolute Gasteiger partial charge is 0.492 e. The second-order valence-electron chi connectivity index (χ2n) is 7.82. The van der Waals surface area contributed by atoms with Crippen LogP contribution in [0.1, 0.15) is 57.2 Å². The number of hydroxylamine groups is 1. The Hall–Kier alpha value is -2.03. The zero-order chi connectivity index (χ0) is 21.0. The van der Waals surface area contributed by atoms with Gasteiger partial charge in [0, 0.05) is 4.16 Å². The molecule has 29 heavy (non-hydrogen) atoms. The molecule has 0 fully saturated rings. The molecule has 7 nitrogen and oxygen atoms in total. The van der Waals surface area contributed by atoms with Gasteiger partial charge in [0.15, 0.2) is 5.76 Å². The molecule has 1 aromatic rings. The first-order chi connectivity index (χ1) is 13.8. The number of allylic oxidation sites excluding steroid dienone is 2. The summed E-state index contributed by atoms with van der Waals surface area (Å²) in [6.45, 7) is 6.45. The van der Waals surface area contributed by atoms with E-state index in [4.69, 9.17) is 4.74 Å². The van der Waals surface area contributed by atoms with Crippen LogP contribution in [-0.2, 0) is 11.2 Å². The van der Waals surface area contributed by atoms with E-state index in [-0.39, 0.29) is 23.7 Å². The summed E-state index contributed by atoms with van der Waals surface area (Å²) in [4.78, 5) is 17.3. The van der Waals surface area contributed by atoms with Crippen molar-refractivity contribution >= 4 is 25.1 Å². The van der Waals surface area contributed by atoms with Crippen LogP contribution in [0.5, 0.6) is 0 Å². The van der Waals surface area contributed by atoms with Gasteiger partial charge in [0.2, 0.25) is 0 Å². The van der Waals surface area contributed by atoms with Crippen molar-refractivity contribution in [2.45, 2.75) is 58.5 Å². The molecule has 2 amide bonds. The molecule has 0 saturated heterocycles. The third-order valence-electron chi connectivity index (χ3n) is 5.62. The van der Waals surface area contributed by atoms with Gasteiger partial charge in [-0.3, -0.25) is 4.99 Å². The van der Waals surface area contributed by atoms with Crippen molar-refractivity contribution in [2.24, 2.45) is 10.9 Å². The standard InChI is InChI=1S/C21H30N4O3S/c1-4-17-9-7-11-28-15(3)19(13-22-17)25(27,29)24-21(26)23-20-14(2)12-16-8-5-6-10-18(16)20/h5-6,8,10,13-14,17,20,27,29H,4,7,9,11-12H2,1-3H3,(H-,23,24,26)/p+1/b19-15-,22-13?. The quantitative estimate of drug-likeness (QED) is 0.337. The highest BCUT2D eigenvalue weighted by molar-refractivity contribution is 7.74. The van der Waals surface area contributed by atoms with Crippen LogP contribution in [0.2, 0.25) is 0 Å². The Kier molecular flexibility index (Phi) is 6.87. The Balaban J connectivity index is 1.74. The van der Waals surface area contributed by atoms with Crippen molar-refractivity contribution in [2.75, 3.05) is 6.61 Å². The smallest absolute Gasteiger partial charge is 0.363 e. The minimum Gasteiger partial charge on any atom is -0.492 e. The number of nitrogens with zero attached hydrogens (tertiary/aromatic N) is 2. The molecule has 1 aromatic carbocycles. The third-order valence-corrected chi connectivity index (χ3v) is 5.94. The maximum atomic E-state index is 12.7. The molecule has 1 aliphatic carbocycles. The Labute approximate surface area is 177 Å². The average Bonchev–Trinajstić information content (AvgIpc) is 3.02. The van der Waals surface area contributed by atoms with Gasteiger partial charge < -0.3 is 10.1 Å². The van der Waals surface area contributed by atoms with Gasteiger partial charge in [-0.15, -0.1) is 5.43 Å². The summed E-state index contributed by atoms with van der Waals surface area (Å²) < 4.78 is 4.59. The lowest BCUT2D eigenvalue weighted by atomic mass is 10.0. The van der Waals surface area contributed by atoms with E-state index in [2.05, 4.69) is 48.5 Å². The van der Waals surface area contributed by atoms with Gasteiger partial charge in [-0.25, -0.2) is 4.79 Å². The molecule has 4 atom stereocenters. The van der Waals surface area contributed by atoms with Gasteiger partial charge >= 0.3 is 6.03 Å². The second-order valence-corrected chi connectivity index (χ2v) is 8.40. The monoisotopic (exact) mass is 419 g/mol. The molecule has 3 rings (SSSR count). The van der Waals surface area contributed by atoms with Gasteiger partial charge in [-0.1, -0.05) is 38.1 Å². The second kappa shape index (κ2) is 9.19. The van der Waals surface area contributed by atoms with Crippen molar-refractivity contribution in [3.8, 4) is 0 Å². The van der Waals surface area contributed by atoms with Crippen molar-refractivity contribution in [3.05, 3.63) is 46.8 Å². The van der Waals surface area contributed by atoms with Gasteiger partial charge in [0.1, 0.15) is 12.8 Å². The van der Waals surface area contributed by atoms with Crippen molar-refractivity contribution in [1.29, 1.82) is 0 Å². The molecule has 1 heterocycles. The number of benzene rings is 1. The van der Waals surface area contributed by atoms with E-state index in [1.807, 2.05) is 18.2 Å². The zero-order valence-corrected chi connectivity index (χ0v) is 18.2. The normalized spacial score (nSPS) is 28.9. The van der Waals surface area contributed by atoms with Gasteiger partial charge in [-0.2, -0.15) is 5.21 Å². The predicted molar refractivity (Wildman–Crippen MR) is 115 cm³/mol. The summed E-state index contributed by atoms with van der Waals surface area (Å²) in [5, 5.41) is 13.9. The van der Waals surface area contributed by atoms with Crippen LogP contribution in [0.4, 0.5) is 4.79 Å². The van der Waals surface area contributed by atoms with Gasteiger partial charge in [-0.05, 0) is 49.7 Å². The van der Waals surface area contributed by atoms with E-state index in [1.165, 1.54) is 5.56 Å². The highest BCUT2D eigenvalue weighted by Crippen LogP contribution is 2.35. The molecular formula is C21H31N4O3S+. The lowest BCUT2D eigenvalue weighted by molar-refractivity contribution is -0.984. The molecule has 0 bridgehead atoms. The van der Waals surface area contributed by atoms with Crippen LogP contribution in [0.3, 0.4) is 0 Å². The number of aliphatic imine (C=N–C) groups is 1. The number of hydrogen-bond donors (Lipinski definition) is 4. The predicted octanol–water partition coefficient (Wildman–Crippen LogP) is 4.08. The maximum absolute atomic E-state index is 12.7. The topological polar surface area (TPSA) is 83.0 Å². The molecule has 0 spiro atoms. The minimum absolute atomic E-state index is 0.121. The highest BCUT2D eigenvalue weighted by atomic mass is 32.1. The molecular weight excluding hydrogens is 388 g/mol. The third kappa shape index (κ3) is 5.12. The number of hydrogen-bond acceptors (Lipinski definition) is 5. The first-order valence-electron chi connectivity index (χ1n) is 10.2. The number of carbonyl (C=O) groups excluding carboxylic acids is 1. The van der Waals surface area contributed by atoms with Crippen LogP contribution in [-0.4, -0.2) is 34.3 Å². The van der Waals surface area contributed by atoms with Crippen molar-refractivity contribution in [1.82, 2.24) is 10.7 Å². The first-order valence-corrected chi connectivity index (χ1v) is 10.6. The number of amides is 2. The van der Waals surface area contributed by atoms with E-state index < -0.39 is 10.2 Å². The van der Waals surface area contributed by atoms with E-state index >= 15 is 0 Å². The van der Waals surface area contributed by atoms with Crippen molar-refractivity contribution < 1.29 is 18.9 Å². The number of rotatable bonds is 4. The lowest BCUT2D eigenvalue weighted by Crippen LogP contribution is -2.55. The number of nitrogens with one attached hydrogen (secondary N) is 2. The summed E-state index contributed by atoms with van der Waals surface area (Å²) in [5.41, 5.74) is 5.14. The molecule has 0 saturated carbocycles. The van der Waals surface area contributed by atoms with Crippen LogP contribution < -0.4 is 10.7 Å². The van der Waals surface area contributed by atoms with Gasteiger partial charge in [0.05, 0.1) is 24.9 Å². The molecule has 0 radical (unpaired) electrons. The van der Waals surface area contributed by atoms with E-state index in [1.54, 1.807) is 13.1 Å². The maximum Gasteiger partial charge on any atom is 0.363 e. The molecule has 8 heteroatoms. The highest BCUT2D eigenvalue weighted by Gasteiger charge is 2.36. The van der Waals surface area contributed by atoms with Crippen LogP contribution in [0.15, 0.2) is 40.7 Å². The summed E-state index contributed by atoms with van der Waals surface area (Å²) in [7, 11) is 0. The number of fused-ring (bicyclic) bond motifs is 1. The fraction of sp³-hybridized carbons (Fsp3) is 0.524. The average molecular weight is 420 g/mol. The van der Waals surface area contributed by atoms with Gasteiger partial charge in [0.25, 0.3) is 5.70 Å².